The molecular formula is C6H16OSi. The Kier molecular flexibility index (Phi) is 2.70. The van der Waals surface area contributed by atoms with Crippen LogP contribution in [0.2, 0.25) is 19.1 Å². The lowest BCUT2D eigenvalue weighted by molar-refractivity contribution is 0.527. The second-order valence-electron chi connectivity index (χ2n) is 3.41. The van der Waals surface area contributed by atoms with Gasteiger partial charge in [-0.05, 0) is 25.1 Å². The topological polar surface area (TPSA) is 20.2 Å². The zero-order valence-corrected chi connectivity index (χ0v) is 7.23. The van der Waals surface area contributed by atoms with Gasteiger partial charge in [-0.15, -0.1) is 0 Å². The molecule has 1 nitrogen and oxygen atoms in total. The van der Waals surface area contributed by atoms with E-state index in [4.69, 9.17) is 0 Å². The van der Waals surface area contributed by atoms with Gasteiger partial charge >= 0.3 is 0 Å². The zero-order chi connectivity index (χ0) is 6.78. The van der Waals surface area contributed by atoms with E-state index in [2.05, 4.69) is 13.8 Å². The molecule has 0 aliphatic heterocycles. The molecule has 0 bridgehead atoms. The molecule has 8 heavy (non-hydrogen) atoms. The monoisotopic (exact) mass is 132 g/mol. The van der Waals surface area contributed by atoms with Crippen molar-refractivity contribution in [3.05, 3.63) is 0 Å². The summed E-state index contributed by atoms with van der Waals surface area (Å²) in [5.41, 5.74) is 0. The van der Waals surface area contributed by atoms with E-state index >= 15 is 0 Å². The van der Waals surface area contributed by atoms with Crippen molar-refractivity contribution in [3.63, 3.8) is 0 Å². The fourth-order valence-corrected chi connectivity index (χ4v) is 3.00. The molecule has 0 rings (SSSR count). The molecule has 0 fully saturated rings. The number of hydrogen-bond acceptors (Lipinski definition) is 1. The summed E-state index contributed by atoms with van der Waals surface area (Å²) in [5, 5.41) is 0. The fraction of sp³-hybridized carbons (Fsp3) is 1.00. The average Bonchev–Trinajstić information content (AvgIpc) is 1.21. The molecule has 2 heteroatoms. The minimum Gasteiger partial charge on any atom is -0.432 e. The lowest BCUT2D eigenvalue weighted by Crippen LogP contribution is -2.26. The van der Waals surface area contributed by atoms with Crippen LogP contribution in [-0.2, 0) is 0 Å². The van der Waals surface area contributed by atoms with E-state index < -0.39 is 8.32 Å². The molecule has 0 unspecified atom stereocenters. The molecule has 0 saturated heterocycles. The van der Waals surface area contributed by atoms with Crippen molar-refractivity contribution in [1.29, 1.82) is 0 Å². The minimum absolute atomic E-state index is 0.654. The van der Waals surface area contributed by atoms with E-state index in [0.717, 1.165) is 6.04 Å². The Morgan fingerprint density at radius 3 is 1.75 bits per heavy atom. The molecule has 0 amide bonds. The van der Waals surface area contributed by atoms with Crippen molar-refractivity contribution in [2.24, 2.45) is 5.92 Å². The summed E-state index contributed by atoms with van der Waals surface area (Å²) in [6.07, 6.45) is 0. The van der Waals surface area contributed by atoms with Crippen molar-refractivity contribution >= 4 is 8.32 Å². The molecule has 0 atom stereocenters. The SMILES string of the molecule is CC(C)C[Si](C)(C)O. The predicted octanol–water partition coefficient (Wildman–Crippen LogP) is 1.84. The van der Waals surface area contributed by atoms with Crippen molar-refractivity contribution in [3.8, 4) is 0 Å². The highest BCUT2D eigenvalue weighted by atomic mass is 28.4. The molecule has 50 valence electrons. The molecule has 0 aromatic carbocycles. The van der Waals surface area contributed by atoms with Gasteiger partial charge in [0.15, 0.2) is 8.32 Å². The first-order valence-electron chi connectivity index (χ1n) is 3.14. The molecular weight excluding hydrogens is 116 g/mol. The molecule has 0 radical (unpaired) electrons. The van der Waals surface area contributed by atoms with E-state index in [0.29, 0.717) is 5.92 Å². The molecule has 0 aromatic rings. The third-order valence-corrected chi connectivity index (χ3v) is 2.72. The Balaban J connectivity index is 3.39. The first kappa shape index (κ1) is 8.18. The van der Waals surface area contributed by atoms with Gasteiger partial charge in [0.1, 0.15) is 0 Å². The second-order valence-corrected chi connectivity index (χ2v) is 7.44. The van der Waals surface area contributed by atoms with Crippen LogP contribution < -0.4 is 0 Å². The predicted molar refractivity (Wildman–Crippen MR) is 39.3 cm³/mol. The highest BCUT2D eigenvalue weighted by Crippen LogP contribution is 2.11. The first-order chi connectivity index (χ1) is 3.42. The van der Waals surface area contributed by atoms with Gasteiger partial charge in [-0.1, -0.05) is 13.8 Å². The van der Waals surface area contributed by atoms with Gasteiger partial charge in [-0.3, -0.25) is 0 Å². The third-order valence-electron chi connectivity index (χ3n) is 0.908. The smallest absolute Gasteiger partial charge is 0.182 e. The molecule has 0 aliphatic carbocycles. The Labute approximate surface area is 52.9 Å². The molecule has 0 saturated carbocycles. The second kappa shape index (κ2) is 2.64. The van der Waals surface area contributed by atoms with Crippen LogP contribution in [0.25, 0.3) is 0 Å². The van der Waals surface area contributed by atoms with Gasteiger partial charge in [0.05, 0.1) is 0 Å². The standard InChI is InChI=1S/C6H16OSi/c1-6(2)5-8(3,4)7/h6-7H,5H2,1-4H3. The molecule has 0 spiro atoms. The Bertz CT molecular complexity index is 63.4. The van der Waals surface area contributed by atoms with Gasteiger partial charge < -0.3 is 4.80 Å². The maximum Gasteiger partial charge on any atom is 0.182 e. The molecule has 0 aromatic heterocycles. The lowest BCUT2D eigenvalue weighted by atomic mass is 10.3. The summed E-state index contributed by atoms with van der Waals surface area (Å²) >= 11 is 0. The van der Waals surface area contributed by atoms with Crippen LogP contribution in [0.15, 0.2) is 0 Å². The average molecular weight is 132 g/mol. The first-order valence-corrected chi connectivity index (χ1v) is 6.29. The van der Waals surface area contributed by atoms with Crippen LogP contribution in [0.4, 0.5) is 0 Å². The summed E-state index contributed by atoms with van der Waals surface area (Å²) in [6.45, 7) is 8.25. The van der Waals surface area contributed by atoms with Crippen LogP contribution in [-0.4, -0.2) is 13.1 Å². The van der Waals surface area contributed by atoms with E-state index in [1.54, 1.807) is 0 Å². The fourth-order valence-electron chi connectivity index (χ4n) is 0.999. The van der Waals surface area contributed by atoms with Gasteiger partial charge in [0.25, 0.3) is 0 Å². The number of rotatable bonds is 2. The van der Waals surface area contributed by atoms with Gasteiger partial charge in [-0.2, -0.15) is 0 Å². The third kappa shape index (κ3) is 6.18. The van der Waals surface area contributed by atoms with Crippen molar-refractivity contribution < 1.29 is 4.80 Å². The van der Waals surface area contributed by atoms with Crippen LogP contribution in [0.5, 0.6) is 0 Å². The summed E-state index contributed by atoms with van der Waals surface area (Å²) in [7, 11) is -1.72. The normalized spacial score (nSPS) is 12.8. The lowest BCUT2D eigenvalue weighted by Gasteiger charge is -2.15. The maximum atomic E-state index is 9.33. The van der Waals surface area contributed by atoms with Crippen LogP contribution >= 0.6 is 0 Å². The Hall–Kier alpha value is 0.177. The van der Waals surface area contributed by atoms with Gasteiger partial charge in [0, 0.05) is 0 Å². The van der Waals surface area contributed by atoms with Gasteiger partial charge in [-0.25, -0.2) is 0 Å². The molecule has 0 aliphatic rings. The van der Waals surface area contributed by atoms with Crippen molar-refractivity contribution in [2.75, 3.05) is 0 Å². The van der Waals surface area contributed by atoms with Crippen molar-refractivity contribution in [2.45, 2.75) is 33.0 Å². The van der Waals surface area contributed by atoms with Crippen LogP contribution in [0, 0.1) is 5.92 Å². The summed E-state index contributed by atoms with van der Waals surface area (Å²) in [6, 6.07) is 1.02. The Morgan fingerprint density at radius 2 is 1.75 bits per heavy atom. The summed E-state index contributed by atoms with van der Waals surface area (Å²) in [5.74, 6) is 0.654. The summed E-state index contributed by atoms with van der Waals surface area (Å²) < 4.78 is 0. The van der Waals surface area contributed by atoms with E-state index in [-0.39, 0.29) is 0 Å². The molecule has 1 N–H and O–H groups in total. The van der Waals surface area contributed by atoms with Gasteiger partial charge in [0.2, 0.25) is 0 Å². The molecule has 0 heterocycles. The highest BCUT2D eigenvalue weighted by molar-refractivity contribution is 6.69. The van der Waals surface area contributed by atoms with E-state index in [1.807, 2.05) is 13.1 Å². The maximum absolute atomic E-state index is 9.33. The van der Waals surface area contributed by atoms with Crippen LogP contribution in [0.3, 0.4) is 0 Å². The van der Waals surface area contributed by atoms with Crippen molar-refractivity contribution in [1.82, 2.24) is 0 Å². The number of hydrogen-bond donors (Lipinski definition) is 1. The largest absolute Gasteiger partial charge is 0.432 e. The highest BCUT2D eigenvalue weighted by Gasteiger charge is 2.17. The zero-order valence-electron chi connectivity index (χ0n) is 6.23. The summed E-state index contributed by atoms with van der Waals surface area (Å²) in [4.78, 5) is 9.33. The minimum atomic E-state index is -1.72. The quantitative estimate of drug-likeness (QED) is 0.568. The Morgan fingerprint density at radius 1 is 1.38 bits per heavy atom. The van der Waals surface area contributed by atoms with E-state index in [9.17, 15) is 4.80 Å². The van der Waals surface area contributed by atoms with E-state index in [1.165, 1.54) is 0 Å². The van der Waals surface area contributed by atoms with Crippen LogP contribution in [0.1, 0.15) is 13.8 Å².